The number of esters is 1. The maximum atomic E-state index is 13.4. The summed E-state index contributed by atoms with van der Waals surface area (Å²) in [5.41, 5.74) is 5.73. The summed E-state index contributed by atoms with van der Waals surface area (Å²) in [7, 11) is 3.08. The van der Waals surface area contributed by atoms with Gasteiger partial charge in [0.2, 0.25) is 5.91 Å². The van der Waals surface area contributed by atoms with Gasteiger partial charge in [-0.15, -0.1) is 0 Å². The van der Waals surface area contributed by atoms with Crippen LogP contribution in [0.15, 0.2) is 35.3 Å². The molecule has 0 aliphatic heterocycles. The molecule has 2 atom stereocenters. The molecule has 0 saturated heterocycles. The first-order chi connectivity index (χ1) is 15.4. The van der Waals surface area contributed by atoms with E-state index < -0.39 is 29.3 Å². The Hall–Kier alpha value is -2.45. The highest BCUT2D eigenvalue weighted by atomic mass is 16.7. The van der Waals surface area contributed by atoms with Crippen LogP contribution in [0, 0.1) is 0 Å². The van der Waals surface area contributed by atoms with Crippen molar-refractivity contribution >= 4 is 17.7 Å². The second-order valence-electron chi connectivity index (χ2n) is 9.32. The Kier molecular flexibility index (Phi) is 11.5. The molecule has 1 aromatic carbocycles. The van der Waals surface area contributed by atoms with Crippen molar-refractivity contribution in [1.29, 1.82) is 0 Å². The van der Waals surface area contributed by atoms with Crippen LogP contribution < -0.4 is 11.1 Å². The average molecular weight is 464 g/mol. The van der Waals surface area contributed by atoms with E-state index in [-0.39, 0.29) is 12.3 Å². The fraction of sp³-hybridized carbons (Fsp3) is 0.640. The van der Waals surface area contributed by atoms with Crippen LogP contribution in [-0.2, 0) is 23.8 Å². The number of nitrogens with two attached hydrogens (primary N) is 1. The smallest absolute Gasteiger partial charge is 0.329 e. The lowest BCUT2D eigenvalue weighted by molar-refractivity contribution is -0.200. The molecule has 1 amide bonds. The molecule has 0 spiro atoms. The summed E-state index contributed by atoms with van der Waals surface area (Å²) >= 11 is 0. The number of aliphatic imine (C=N–C) groups is 1. The number of ether oxygens (including phenoxy) is 3. The zero-order chi connectivity index (χ0) is 25.1. The Morgan fingerprint density at radius 1 is 1.06 bits per heavy atom. The van der Waals surface area contributed by atoms with Crippen molar-refractivity contribution in [3.8, 4) is 0 Å². The number of nitrogens with zero attached hydrogens (tertiary/aromatic N) is 1. The molecular formula is C25H41N3O5. The van der Waals surface area contributed by atoms with Gasteiger partial charge in [-0.3, -0.25) is 9.79 Å². The Morgan fingerprint density at radius 2 is 1.67 bits per heavy atom. The number of benzene rings is 1. The number of methoxy groups -OCH3 is 2. The first-order valence-corrected chi connectivity index (χ1v) is 11.4. The first-order valence-electron chi connectivity index (χ1n) is 11.4. The van der Waals surface area contributed by atoms with Crippen molar-refractivity contribution in [2.24, 2.45) is 10.7 Å². The molecule has 186 valence electrons. The Balaban J connectivity index is 3.06. The zero-order valence-electron chi connectivity index (χ0n) is 21.1. The molecule has 33 heavy (non-hydrogen) atoms. The van der Waals surface area contributed by atoms with Gasteiger partial charge in [-0.2, -0.15) is 0 Å². The number of hydrogen-bond acceptors (Lipinski definition) is 6. The number of carbonyl (C=O) groups excluding carboxylic acids is 2. The predicted octanol–water partition coefficient (Wildman–Crippen LogP) is 3.54. The van der Waals surface area contributed by atoms with Gasteiger partial charge in [0, 0.05) is 27.2 Å². The fourth-order valence-corrected chi connectivity index (χ4v) is 3.28. The van der Waals surface area contributed by atoms with E-state index in [2.05, 4.69) is 10.3 Å². The Labute approximate surface area is 198 Å². The highest BCUT2D eigenvalue weighted by Gasteiger charge is 2.35. The number of amides is 1. The third kappa shape index (κ3) is 10.8. The van der Waals surface area contributed by atoms with Crippen molar-refractivity contribution in [1.82, 2.24) is 5.32 Å². The lowest BCUT2D eigenvalue weighted by Crippen LogP contribution is -2.47. The molecule has 8 nitrogen and oxygen atoms in total. The molecule has 0 aliphatic rings. The van der Waals surface area contributed by atoms with Crippen molar-refractivity contribution in [2.45, 2.75) is 83.6 Å². The highest BCUT2D eigenvalue weighted by molar-refractivity contribution is 5.88. The van der Waals surface area contributed by atoms with E-state index >= 15 is 0 Å². The van der Waals surface area contributed by atoms with Crippen LogP contribution in [0.25, 0.3) is 0 Å². The number of carbonyl (C=O) groups is 2. The van der Waals surface area contributed by atoms with Gasteiger partial charge in [-0.05, 0) is 59.4 Å². The van der Waals surface area contributed by atoms with E-state index in [4.69, 9.17) is 19.9 Å². The molecule has 0 saturated carbocycles. The quantitative estimate of drug-likeness (QED) is 0.152. The van der Waals surface area contributed by atoms with Crippen LogP contribution in [-0.4, -0.2) is 55.9 Å². The van der Waals surface area contributed by atoms with Gasteiger partial charge in [0.25, 0.3) is 0 Å². The van der Waals surface area contributed by atoms with E-state index in [1.54, 1.807) is 48.8 Å². The number of hydrogen-bond donors (Lipinski definition) is 2. The summed E-state index contributed by atoms with van der Waals surface area (Å²) in [6.45, 7) is 9.50. The van der Waals surface area contributed by atoms with Crippen LogP contribution >= 0.6 is 0 Å². The minimum atomic E-state index is -0.961. The number of unbranched alkanes of at least 4 members (excludes halogenated alkanes) is 1. The molecule has 0 fully saturated rings. The second-order valence-corrected chi connectivity index (χ2v) is 9.32. The van der Waals surface area contributed by atoms with E-state index in [1.807, 2.05) is 30.3 Å². The zero-order valence-corrected chi connectivity index (χ0v) is 21.1. The maximum absolute atomic E-state index is 13.4. The van der Waals surface area contributed by atoms with E-state index in [0.29, 0.717) is 25.2 Å². The largest absolute Gasteiger partial charge is 0.458 e. The molecular weight excluding hydrogens is 422 g/mol. The SMILES string of the molecule is COC(C)(CC(C(=O)NC(CCCCN=C(C)N)C(=O)OC(C)(C)C)c1ccccc1)OC. The first kappa shape index (κ1) is 28.6. The number of amidine groups is 1. The van der Waals surface area contributed by atoms with E-state index in [9.17, 15) is 9.59 Å². The van der Waals surface area contributed by atoms with Gasteiger partial charge in [0.1, 0.15) is 11.6 Å². The summed E-state index contributed by atoms with van der Waals surface area (Å²) in [5, 5.41) is 2.92. The minimum Gasteiger partial charge on any atom is -0.458 e. The van der Waals surface area contributed by atoms with Crippen molar-refractivity contribution < 1.29 is 23.8 Å². The summed E-state index contributed by atoms with van der Waals surface area (Å²) < 4.78 is 16.6. The van der Waals surface area contributed by atoms with Crippen LogP contribution in [0.2, 0.25) is 0 Å². The van der Waals surface area contributed by atoms with Crippen molar-refractivity contribution in [3.05, 3.63) is 35.9 Å². The normalized spacial score (nSPS) is 14.5. The van der Waals surface area contributed by atoms with E-state index in [1.165, 1.54) is 0 Å². The van der Waals surface area contributed by atoms with Gasteiger partial charge in [-0.25, -0.2) is 4.79 Å². The molecule has 2 unspecified atom stereocenters. The van der Waals surface area contributed by atoms with Crippen LogP contribution in [0.5, 0.6) is 0 Å². The van der Waals surface area contributed by atoms with Gasteiger partial charge in [-0.1, -0.05) is 30.3 Å². The van der Waals surface area contributed by atoms with Gasteiger partial charge >= 0.3 is 5.97 Å². The maximum Gasteiger partial charge on any atom is 0.329 e. The fourth-order valence-electron chi connectivity index (χ4n) is 3.28. The standard InChI is InChI=1S/C25H41N3O5/c1-18(26)27-16-12-11-15-21(23(30)33-24(2,3)4)28-22(29)20(17-25(5,31-6)32-7)19-13-9-8-10-14-19/h8-10,13-14,20-21H,11-12,15-17H2,1-7H3,(H2,26,27)(H,28,29). The number of rotatable bonds is 13. The molecule has 1 rings (SSSR count). The Bertz CT molecular complexity index is 766. The summed E-state index contributed by atoms with van der Waals surface area (Å²) in [6.07, 6.45) is 2.15. The highest BCUT2D eigenvalue weighted by Crippen LogP contribution is 2.29. The Morgan fingerprint density at radius 3 is 2.18 bits per heavy atom. The molecule has 8 heteroatoms. The van der Waals surface area contributed by atoms with Gasteiger partial charge in [0.15, 0.2) is 5.79 Å². The molecule has 0 radical (unpaired) electrons. The third-order valence-corrected chi connectivity index (χ3v) is 5.23. The summed E-state index contributed by atoms with van der Waals surface area (Å²) in [6, 6.07) is 8.62. The lowest BCUT2D eigenvalue weighted by atomic mass is 9.90. The molecule has 0 heterocycles. The predicted molar refractivity (Wildman–Crippen MR) is 130 cm³/mol. The topological polar surface area (TPSA) is 112 Å². The number of nitrogens with one attached hydrogen (secondary N) is 1. The van der Waals surface area contributed by atoms with Crippen LogP contribution in [0.1, 0.15) is 71.8 Å². The van der Waals surface area contributed by atoms with Gasteiger partial charge in [0.05, 0.1) is 11.8 Å². The molecule has 3 N–H and O–H groups in total. The summed E-state index contributed by atoms with van der Waals surface area (Å²) in [5.74, 6) is -1.75. The minimum absolute atomic E-state index is 0.279. The van der Waals surface area contributed by atoms with Crippen molar-refractivity contribution in [3.63, 3.8) is 0 Å². The lowest BCUT2D eigenvalue weighted by Gasteiger charge is -2.31. The van der Waals surface area contributed by atoms with Gasteiger partial charge < -0.3 is 25.3 Å². The third-order valence-electron chi connectivity index (χ3n) is 5.23. The molecule has 0 aromatic heterocycles. The van der Waals surface area contributed by atoms with Crippen LogP contribution in [0.3, 0.4) is 0 Å². The average Bonchev–Trinajstić information content (AvgIpc) is 2.75. The second kappa shape index (κ2) is 13.3. The molecule has 0 aliphatic carbocycles. The monoisotopic (exact) mass is 463 g/mol. The molecule has 1 aromatic rings. The van der Waals surface area contributed by atoms with Crippen LogP contribution in [0.4, 0.5) is 0 Å². The molecule has 0 bridgehead atoms. The van der Waals surface area contributed by atoms with E-state index in [0.717, 1.165) is 12.0 Å². The van der Waals surface area contributed by atoms with Crippen molar-refractivity contribution in [2.75, 3.05) is 20.8 Å². The summed E-state index contributed by atoms with van der Waals surface area (Å²) in [4.78, 5) is 30.5.